The molecule has 1 fully saturated rings. The standard InChI is InChI=1S/C10H17N/c11-10-6-5-8-3-1-2-4-9(8)7-10/h2,4,8-10H,1,3,5-7,11H2/t8-,9?,10?/m1/s1. The van der Waals surface area contributed by atoms with Crippen molar-refractivity contribution in [2.75, 3.05) is 0 Å². The van der Waals surface area contributed by atoms with Crippen molar-refractivity contribution < 1.29 is 0 Å². The lowest BCUT2D eigenvalue weighted by molar-refractivity contribution is 0.237. The average Bonchev–Trinajstić information content (AvgIpc) is 2.04. The quantitative estimate of drug-likeness (QED) is 0.527. The Morgan fingerprint density at radius 2 is 2.09 bits per heavy atom. The molecule has 0 aromatic carbocycles. The van der Waals surface area contributed by atoms with Gasteiger partial charge in [0.1, 0.15) is 0 Å². The SMILES string of the molecule is NC1CC[C@H]2CCC=CC2C1. The molecule has 11 heavy (non-hydrogen) atoms. The van der Waals surface area contributed by atoms with Gasteiger partial charge in [0.25, 0.3) is 0 Å². The van der Waals surface area contributed by atoms with Crippen molar-refractivity contribution in [3.8, 4) is 0 Å². The summed E-state index contributed by atoms with van der Waals surface area (Å²) in [7, 11) is 0. The molecule has 3 atom stereocenters. The number of hydrogen-bond acceptors (Lipinski definition) is 1. The van der Waals surface area contributed by atoms with Crippen LogP contribution in [0.25, 0.3) is 0 Å². The Morgan fingerprint density at radius 3 is 3.00 bits per heavy atom. The fourth-order valence-electron chi connectivity index (χ4n) is 2.48. The monoisotopic (exact) mass is 151 g/mol. The molecule has 0 aromatic heterocycles. The minimum Gasteiger partial charge on any atom is -0.328 e. The van der Waals surface area contributed by atoms with Gasteiger partial charge >= 0.3 is 0 Å². The fourth-order valence-corrected chi connectivity index (χ4v) is 2.48. The van der Waals surface area contributed by atoms with Crippen LogP contribution in [0.2, 0.25) is 0 Å². The van der Waals surface area contributed by atoms with Crippen LogP contribution in [-0.2, 0) is 0 Å². The Bertz CT molecular complexity index is 162. The van der Waals surface area contributed by atoms with Crippen molar-refractivity contribution in [2.45, 2.75) is 38.1 Å². The van der Waals surface area contributed by atoms with E-state index in [-0.39, 0.29) is 0 Å². The Kier molecular flexibility index (Phi) is 1.99. The van der Waals surface area contributed by atoms with Crippen LogP contribution in [0, 0.1) is 11.8 Å². The zero-order valence-electron chi connectivity index (χ0n) is 7.00. The van der Waals surface area contributed by atoms with Gasteiger partial charge in [-0.25, -0.2) is 0 Å². The molecule has 2 rings (SSSR count). The number of rotatable bonds is 0. The van der Waals surface area contributed by atoms with E-state index >= 15 is 0 Å². The van der Waals surface area contributed by atoms with Crippen molar-refractivity contribution in [3.05, 3.63) is 12.2 Å². The summed E-state index contributed by atoms with van der Waals surface area (Å²) in [5, 5.41) is 0. The molecule has 0 aliphatic heterocycles. The van der Waals surface area contributed by atoms with Gasteiger partial charge in [0, 0.05) is 6.04 Å². The molecule has 1 nitrogen and oxygen atoms in total. The van der Waals surface area contributed by atoms with E-state index in [1.54, 1.807) is 0 Å². The molecule has 0 radical (unpaired) electrons. The van der Waals surface area contributed by atoms with E-state index in [9.17, 15) is 0 Å². The Labute approximate surface area is 68.7 Å². The van der Waals surface area contributed by atoms with Crippen molar-refractivity contribution in [3.63, 3.8) is 0 Å². The van der Waals surface area contributed by atoms with Crippen LogP contribution >= 0.6 is 0 Å². The zero-order chi connectivity index (χ0) is 7.68. The van der Waals surface area contributed by atoms with Crippen molar-refractivity contribution in [1.29, 1.82) is 0 Å². The second-order valence-electron chi connectivity index (χ2n) is 4.00. The smallest absolute Gasteiger partial charge is 0.00446 e. The van der Waals surface area contributed by atoms with E-state index in [0.717, 1.165) is 11.8 Å². The highest BCUT2D eigenvalue weighted by Crippen LogP contribution is 2.36. The van der Waals surface area contributed by atoms with Crippen LogP contribution in [0.1, 0.15) is 32.1 Å². The summed E-state index contributed by atoms with van der Waals surface area (Å²) in [6, 6.07) is 0.485. The number of allylic oxidation sites excluding steroid dienone is 2. The van der Waals surface area contributed by atoms with Crippen molar-refractivity contribution in [2.24, 2.45) is 17.6 Å². The number of fused-ring (bicyclic) bond motifs is 1. The molecule has 0 spiro atoms. The summed E-state index contributed by atoms with van der Waals surface area (Å²) in [5.74, 6) is 1.80. The van der Waals surface area contributed by atoms with Gasteiger partial charge in [0.2, 0.25) is 0 Å². The van der Waals surface area contributed by atoms with Gasteiger partial charge in [-0.15, -0.1) is 0 Å². The summed E-state index contributed by atoms with van der Waals surface area (Å²) in [6.07, 6.45) is 11.3. The summed E-state index contributed by atoms with van der Waals surface area (Å²) in [5.41, 5.74) is 5.91. The third-order valence-corrected chi connectivity index (χ3v) is 3.18. The molecule has 0 saturated heterocycles. The maximum Gasteiger partial charge on any atom is 0.00446 e. The number of hydrogen-bond donors (Lipinski definition) is 1. The second-order valence-corrected chi connectivity index (χ2v) is 4.00. The molecule has 0 bridgehead atoms. The first-order chi connectivity index (χ1) is 5.36. The summed E-state index contributed by atoms with van der Waals surface area (Å²) in [6.45, 7) is 0. The highest BCUT2D eigenvalue weighted by Gasteiger charge is 2.27. The number of nitrogens with two attached hydrogens (primary N) is 1. The molecule has 0 heterocycles. The van der Waals surface area contributed by atoms with Gasteiger partial charge in [-0.3, -0.25) is 0 Å². The highest BCUT2D eigenvalue weighted by molar-refractivity contribution is 5.00. The minimum atomic E-state index is 0.485. The zero-order valence-corrected chi connectivity index (χ0v) is 7.00. The first-order valence-electron chi connectivity index (χ1n) is 4.78. The first kappa shape index (κ1) is 7.35. The van der Waals surface area contributed by atoms with Crippen molar-refractivity contribution >= 4 is 0 Å². The lowest BCUT2D eigenvalue weighted by Crippen LogP contribution is -2.33. The molecule has 1 saturated carbocycles. The summed E-state index contributed by atoms with van der Waals surface area (Å²) >= 11 is 0. The Morgan fingerprint density at radius 1 is 1.18 bits per heavy atom. The van der Waals surface area contributed by atoms with Gasteiger partial charge in [-0.05, 0) is 43.9 Å². The molecule has 2 unspecified atom stereocenters. The van der Waals surface area contributed by atoms with Crippen LogP contribution < -0.4 is 5.73 Å². The van der Waals surface area contributed by atoms with Crippen molar-refractivity contribution in [1.82, 2.24) is 0 Å². The summed E-state index contributed by atoms with van der Waals surface area (Å²) < 4.78 is 0. The minimum absolute atomic E-state index is 0.485. The van der Waals surface area contributed by atoms with Crippen LogP contribution in [0.15, 0.2) is 12.2 Å². The fraction of sp³-hybridized carbons (Fsp3) is 0.800. The van der Waals surface area contributed by atoms with Gasteiger partial charge in [-0.2, -0.15) is 0 Å². The van der Waals surface area contributed by atoms with E-state index in [1.807, 2.05) is 0 Å². The van der Waals surface area contributed by atoms with Gasteiger partial charge in [0.15, 0.2) is 0 Å². The van der Waals surface area contributed by atoms with Crippen LogP contribution in [0.3, 0.4) is 0 Å². The van der Waals surface area contributed by atoms with E-state index in [2.05, 4.69) is 12.2 Å². The molecule has 1 heteroatoms. The second kappa shape index (κ2) is 2.98. The van der Waals surface area contributed by atoms with Crippen LogP contribution in [-0.4, -0.2) is 6.04 Å². The molecule has 2 N–H and O–H groups in total. The molecular weight excluding hydrogens is 134 g/mol. The van der Waals surface area contributed by atoms with Gasteiger partial charge in [0.05, 0.1) is 0 Å². The van der Waals surface area contributed by atoms with Crippen LogP contribution in [0.4, 0.5) is 0 Å². The third kappa shape index (κ3) is 1.48. The largest absolute Gasteiger partial charge is 0.328 e. The van der Waals surface area contributed by atoms with E-state index in [1.165, 1.54) is 32.1 Å². The maximum absolute atomic E-state index is 5.91. The Balaban J connectivity index is 2.03. The third-order valence-electron chi connectivity index (χ3n) is 3.18. The van der Waals surface area contributed by atoms with E-state index < -0.39 is 0 Å². The predicted molar refractivity (Wildman–Crippen MR) is 47.2 cm³/mol. The molecule has 0 amide bonds. The maximum atomic E-state index is 5.91. The summed E-state index contributed by atoms with van der Waals surface area (Å²) in [4.78, 5) is 0. The molecular formula is C10H17N. The topological polar surface area (TPSA) is 26.0 Å². The lowest BCUT2D eigenvalue weighted by Gasteiger charge is -2.35. The van der Waals surface area contributed by atoms with E-state index in [4.69, 9.17) is 5.73 Å². The molecule has 2 aliphatic rings. The van der Waals surface area contributed by atoms with E-state index in [0.29, 0.717) is 6.04 Å². The predicted octanol–water partition coefficient (Wildman–Crippen LogP) is 2.08. The molecule has 62 valence electrons. The van der Waals surface area contributed by atoms with Gasteiger partial charge < -0.3 is 5.73 Å². The lowest BCUT2D eigenvalue weighted by atomic mass is 9.73. The average molecular weight is 151 g/mol. The Hall–Kier alpha value is -0.300. The molecule has 0 aromatic rings. The van der Waals surface area contributed by atoms with Gasteiger partial charge in [-0.1, -0.05) is 12.2 Å². The first-order valence-corrected chi connectivity index (χ1v) is 4.78. The highest BCUT2D eigenvalue weighted by atomic mass is 14.6. The van der Waals surface area contributed by atoms with Crippen LogP contribution in [0.5, 0.6) is 0 Å². The normalized spacial score (nSPS) is 43.5. The molecule has 2 aliphatic carbocycles.